The van der Waals surface area contributed by atoms with Crippen LogP contribution < -0.4 is 5.32 Å². The zero-order chi connectivity index (χ0) is 8.97. The molecule has 3 nitrogen and oxygen atoms in total. The van der Waals surface area contributed by atoms with Crippen LogP contribution in [0, 0.1) is 6.92 Å². The van der Waals surface area contributed by atoms with E-state index in [2.05, 4.69) is 5.32 Å². The molecule has 0 aliphatic rings. The zero-order valence-corrected chi connectivity index (χ0v) is 7.50. The summed E-state index contributed by atoms with van der Waals surface area (Å²) >= 11 is 0. The van der Waals surface area contributed by atoms with Crippen molar-refractivity contribution in [1.29, 1.82) is 0 Å². The minimum atomic E-state index is 0.120. The Labute approximate surface area is 72.4 Å². The predicted molar refractivity (Wildman–Crippen MR) is 46.8 cm³/mol. The lowest BCUT2D eigenvalue weighted by atomic mass is 10.2. The number of aliphatic hydroxyl groups is 1. The van der Waals surface area contributed by atoms with Crippen LogP contribution in [0.1, 0.15) is 18.2 Å². The van der Waals surface area contributed by atoms with Crippen LogP contribution in [0.15, 0.2) is 16.7 Å². The lowest BCUT2D eigenvalue weighted by molar-refractivity contribution is 0.248. The van der Waals surface area contributed by atoms with Crippen molar-refractivity contribution in [1.82, 2.24) is 5.32 Å². The van der Waals surface area contributed by atoms with E-state index < -0.39 is 0 Å². The highest BCUT2D eigenvalue weighted by Crippen LogP contribution is 2.07. The third-order valence-electron chi connectivity index (χ3n) is 1.85. The summed E-state index contributed by atoms with van der Waals surface area (Å²) < 4.78 is 5.22. The van der Waals surface area contributed by atoms with E-state index in [9.17, 15) is 0 Å². The first-order chi connectivity index (χ1) is 5.74. The van der Waals surface area contributed by atoms with Gasteiger partial charge in [-0.2, -0.15) is 0 Å². The quantitative estimate of drug-likeness (QED) is 0.708. The molecule has 1 rings (SSSR count). The smallest absolute Gasteiger partial charge is 0.120 e. The molecule has 0 aromatic carbocycles. The summed E-state index contributed by atoms with van der Waals surface area (Å²) in [4.78, 5) is 0. The van der Waals surface area contributed by atoms with Gasteiger partial charge in [0, 0.05) is 6.04 Å². The van der Waals surface area contributed by atoms with Crippen molar-refractivity contribution in [2.24, 2.45) is 0 Å². The van der Waals surface area contributed by atoms with Crippen molar-refractivity contribution >= 4 is 0 Å². The predicted octanol–water partition coefficient (Wildman–Crippen LogP) is 1.06. The minimum Gasteiger partial charge on any atom is -0.468 e. The summed E-state index contributed by atoms with van der Waals surface area (Å²) in [6, 6.07) is 2.05. The number of rotatable bonds is 4. The monoisotopic (exact) mass is 169 g/mol. The average molecular weight is 169 g/mol. The summed E-state index contributed by atoms with van der Waals surface area (Å²) in [7, 11) is 0. The molecule has 0 fully saturated rings. The lowest BCUT2D eigenvalue weighted by Gasteiger charge is -2.08. The van der Waals surface area contributed by atoms with Crippen molar-refractivity contribution < 1.29 is 9.52 Å². The van der Waals surface area contributed by atoms with E-state index >= 15 is 0 Å². The van der Waals surface area contributed by atoms with Crippen LogP contribution in [-0.4, -0.2) is 17.8 Å². The maximum absolute atomic E-state index is 8.74. The summed E-state index contributed by atoms with van der Waals surface area (Å²) in [5, 5.41) is 11.9. The molecule has 68 valence electrons. The number of furan rings is 1. The van der Waals surface area contributed by atoms with Crippen molar-refractivity contribution in [2.45, 2.75) is 26.4 Å². The first kappa shape index (κ1) is 9.29. The van der Waals surface area contributed by atoms with Gasteiger partial charge in [0.15, 0.2) is 0 Å². The van der Waals surface area contributed by atoms with Gasteiger partial charge in [-0.3, -0.25) is 0 Å². The van der Waals surface area contributed by atoms with Crippen LogP contribution in [0.25, 0.3) is 0 Å². The highest BCUT2D eigenvalue weighted by molar-refractivity contribution is 5.14. The Morgan fingerprint density at radius 1 is 1.67 bits per heavy atom. The van der Waals surface area contributed by atoms with Gasteiger partial charge in [0.1, 0.15) is 5.76 Å². The zero-order valence-electron chi connectivity index (χ0n) is 7.50. The summed E-state index contributed by atoms with van der Waals surface area (Å²) in [6.07, 6.45) is 1.68. The molecule has 3 heteroatoms. The molecular weight excluding hydrogens is 154 g/mol. The van der Waals surface area contributed by atoms with Crippen molar-refractivity contribution in [3.63, 3.8) is 0 Å². The van der Waals surface area contributed by atoms with E-state index in [-0.39, 0.29) is 12.6 Å². The summed E-state index contributed by atoms with van der Waals surface area (Å²) in [5.41, 5.74) is 1.15. The minimum absolute atomic E-state index is 0.120. The maximum Gasteiger partial charge on any atom is 0.120 e. The molecule has 0 aliphatic carbocycles. The average Bonchev–Trinajstić information content (AvgIpc) is 2.47. The standard InChI is InChI=1S/C9H15NO2/c1-7-3-4-12-9(7)5-10-8(2)6-11/h3-4,8,10-11H,5-6H2,1-2H3/t8-/m0/s1. The SMILES string of the molecule is Cc1ccoc1CN[C@@H](C)CO. The van der Waals surface area contributed by atoms with Gasteiger partial charge in [0.25, 0.3) is 0 Å². The van der Waals surface area contributed by atoms with Gasteiger partial charge in [-0.25, -0.2) is 0 Å². The van der Waals surface area contributed by atoms with E-state index in [1.165, 1.54) is 0 Å². The van der Waals surface area contributed by atoms with E-state index in [4.69, 9.17) is 9.52 Å². The Morgan fingerprint density at radius 3 is 2.92 bits per heavy atom. The number of nitrogens with one attached hydrogen (secondary N) is 1. The normalized spacial score (nSPS) is 13.2. The maximum atomic E-state index is 8.74. The van der Waals surface area contributed by atoms with Gasteiger partial charge < -0.3 is 14.8 Å². The fourth-order valence-corrected chi connectivity index (χ4v) is 0.917. The Hall–Kier alpha value is -0.800. The highest BCUT2D eigenvalue weighted by Gasteiger charge is 2.03. The molecule has 2 N–H and O–H groups in total. The third kappa shape index (κ3) is 2.36. The van der Waals surface area contributed by atoms with Crippen molar-refractivity contribution in [2.75, 3.05) is 6.61 Å². The first-order valence-electron chi connectivity index (χ1n) is 4.11. The highest BCUT2D eigenvalue weighted by atomic mass is 16.3. The Kier molecular flexibility index (Phi) is 3.31. The van der Waals surface area contributed by atoms with Crippen LogP contribution in [0.3, 0.4) is 0 Å². The molecule has 12 heavy (non-hydrogen) atoms. The van der Waals surface area contributed by atoms with Crippen LogP contribution in [0.5, 0.6) is 0 Å². The van der Waals surface area contributed by atoms with Crippen LogP contribution in [0.4, 0.5) is 0 Å². The Bertz CT molecular complexity index is 232. The second kappa shape index (κ2) is 4.28. The molecule has 0 unspecified atom stereocenters. The molecule has 1 atom stereocenters. The third-order valence-corrected chi connectivity index (χ3v) is 1.85. The first-order valence-corrected chi connectivity index (χ1v) is 4.11. The van der Waals surface area contributed by atoms with Gasteiger partial charge in [0.2, 0.25) is 0 Å². The molecule has 0 saturated carbocycles. The summed E-state index contributed by atoms with van der Waals surface area (Å²) in [5.74, 6) is 0.940. The largest absolute Gasteiger partial charge is 0.468 e. The molecule has 1 heterocycles. The van der Waals surface area contributed by atoms with Gasteiger partial charge in [-0.15, -0.1) is 0 Å². The molecular formula is C9H15NO2. The second-order valence-corrected chi connectivity index (χ2v) is 2.99. The topological polar surface area (TPSA) is 45.4 Å². The van der Waals surface area contributed by atoms with Gasteiger partial charge in [0.05, 0.1) is 19.4 Å². The van der Waals surface area contributed by atoms with E-state index in [0.29, 0.717) is 6.54 Å². The van der Waals surface area contributed by atoms with E-state index in [1.54, 1.807) is 6.26 Å². The molecule has 0 radical (unpaired) electrons. The number of hydrogen-bond acceptors (Lipinski definition) is 3. The Morgan fingerprint density at radius 2 is 2.42 bits per heavy atom. The van der Waals surface area contributed by atoms with Crippen molar-refractivity contribution in [3.8, 4) is 0 Å². The van der Waals surface area contributed by atoms with Crippen LogP contribution >= 0.6 is 0 Å². The van der Waals surface area contributed by atoms with Gasteiger partial charge in [-0.1, -0.05) is 0 Å². The number of aryl methyl sites for hydroxylation is 1. The van der Waals surface area contributed by atoms with E-state index in [1.807, 2.05) is 19.9 Å². The Balaban J connectivity index is 2.38. The molecule has 1 aromatic heterocycles. The van der Waals surface area contributed by atoms with Crippen molar-refractivity contribution in [3.05, 3.63) is 23.7 Å². The van der Waals surface area contributed by atoms with Gasteiger partial charge in [-0.05, 0) is 25.5 Å². The lowest BCUT2D eigenvalue weighted by Crippen LogP contribution is -2.28. The van der Waals surface area contributed by atoms with Crippen LogP contribution in [-0.2, 0) is 6.54 Å². The molecule has 0 bridgehead atoms. The molecule has 1 aromatic rings. The van der Waals surface area contributed by atoms with Crippen LogP contribution in [0.2, 0.25) is 0 Å². The molecule has 0 saturated heterocycles. The van der Waals surface area contributed by atoms with E-state index in [0.717, 1.165) is 11.3 Å². The molecule has 0 amide bonds. The van der Waals surface area contributed by atoms with Gasteiger partial charge >= 0.3 is 0 Å². The molecule has 0 spiro atoms. The fourth-order valence-electron chi connectivity index (χ4n) is 0.917. The fraction of sp³-hybridized carbons (Fsp3) is 0.556. The number of hydrogen-bond donors (Lipinski definition) is 2. The second-order valence-electron chi connectivity index (χ2n) is 2.99. The molecule has 0 aliphatic heterocycles. The number of aliphatic hydroxyl groups excluding tert-OH is 1. The summed E-state index contributed by atoms with van der Waals surface area (Å²) in [6.45, 7) is 4.77.